The average molecular weight is 390 g/mol. The van der Waals surface area contributed by atoms with Crippen LogP contribution >= 0.6 is 0 Å². The summed E-state index contributed by atoms with van der Waals surface area (Å²) in [5.74, 6) is -0.965. The van der Waals surface area contributed by atoms with E-state index in [4.69, 9.17) is 18.9 Å². The fourth-order valence-electron chi connectivity index (χ4n) is 5.33. The van der Waals surface area contributed by atoms with Gasteiger partial charge in [-0.05, 0) is 36.8 Å². The Bertz CT molecular complexity index is 621. The first-order chi connectivity index (χ1) is 13.5. The third-order valence-electron chi connectivity index (χ3n) is 7.26. The molecule has 5 rings (SSSR count). The minimum Gasteiger partial charge on any atom is -0.385 e. The van der Waals surface area contributed by atoms with E-state index in [2.05, 4.69) is 0 Å². The van der Waals surface area contributed by atoms with Crippen LogP contribution in [0.5, 0.6) is 0 Å². The second kappa shape index (κ2) is 6.76. The number of hydrogen-bond donors (Lipinski definition) is 2. The highest BCUT2D eigenvalue weighted by Crippen LogP contribution is 2.47. The predicted octanol–water partition coefficient (Wildman–Crippen LogP) is 2.70. The standard InChI is InChI=1S/C22H30O6/c23-19(5-9-21(10-6-19)25-13-14-26-21)17-1-2-18(4-3-17)20(24)7-11-22(12-8-20)27-15-16-28-22/h1-4,23-24H,5-16H2. The summed E-state index contributed by atoms with van der Waals surface area (Å²) in [4.78, 5) is 0. The second-order valence-electron chi connectivity index (χ2n) is 8.86. The summed E-state index contributed by atoms with van der Waals surface area (Å²) in [5, 5.41) is 22.4. The molecule has 28 heavy (non-hydrogen) atoms. The summed E-state index contributed by atoms with van der Waals surface area (Å²) >= 11 is 0. The van der Waals surface area contributed by atoms with Gasteiger partial charge in [-0.25, -0.2) is 0 Å². The molecule has 0 atom stereocenters. The molecule has 0 aromatic heterocycles. The molecule has 1 aromatic carbocycles. The van der Waals surface area contributed by atoms with Crippen LogP contribution in [0.25, 0.3) is 0 Å². The highest BCUT2D eigenvalue weighted by atomic mass is 16.7. The normalized spacial score (nSPS) is 33.5. The molecular formula is C22H30O6. The third kappa shape index (κ3) is 3.20. The van der Waals surface area contributed by atoms with Crippen LogP contribution in [-0.4, -0.2) is 48.2 Å². The molecule has 6 nitrogen and oxygen atoms in total. The topological polar surface area (TPSA) is 77.4 Å². The third-order valence-corrected chi connectivity index (χ3v) is 7.26. The van der Waals surface area contributed by atoms with Crippen molar-refractivity contribution in [2.75, 3.05) is 26.4 Å². The Morgan fingerprint density at radius 2 is 0.786 bits per heavy atom. The van der Waals surface area contributed by atoms with Crippen molar-refractivity contribution in [3.05, 3.63) is 35.4 Å². The van der Waals surface area contributed by atoms with E-state index in [1.165, 1.54) is 0 Å². The number of benzene rings is 1. The van der Waals surface area contributed by atoms with Crippen molar-refractivity contribution in [1.82, 2.24) is 0 Å². The van der Waals surface area contributed by atoms with Crippen LogP contribution < -0.4 is 0 Å². The smallest absolute Gasteiger partial charge is 0.168 e. The Morgan fingerprint density at radius 3 is 1.07 bits per heavy atom. The van der Waals surface area contributed by atoms with Gasteiger partial charge in [0.05, 0.1) is 37.6 Å². The van der Waals surface area contributed by atoms with Crippen molar-refractivity contribution in [2.24, 2.45) is 0 Å². The highest BCUT2D eigenvalue weighted by molar-refractivity contribution is 5.31. The lowest BCUT2D eigenvalue weighted by atomic mass is 9.74. The molecule has 4 fully saturated rings. The first-order valence-electron chi connectivity index (χ1n) is 10.6. The molecule has 0 bridgehead atoms. The zero-order valence-electron chi connectivity index (χ0n) is 16.3. The molecule has 4 aliphatic rings. The van der Waals surface area contributed by atoms with Crippen LogP contribution in [0.3, 0.4) is 0 Å². The van der Waals surface area contributed by atoms with E-state index in [0.29, 0.717) is 77.8 Å². The molecule has 6 heteroatoms. The highest BCUT2D eigenvalue weighted by Gasteiger charge is 2.48. The van der Waals surface area contributed by atoms with Gasteiger partial charge in [0, 0.05) is 25.7 Å². The molecule has 2 aliphatic carbocycles. The molecule has 2 saturated heterocycles. The number of ether oxygens (including phenoxy) is 4. The lowest BCUT2D eigenvalue weighted by Gasteiger charge is -2.42. The Labute approximate surface area is 165 Å². The molecule has 2 saturated carbocycles. The SMILES string of the molecule is OC1(c2ccc(C3(O)CCC4(CC3)OCCO4)cc2)CCC2(CC1)OCCO2. The summed E-state index contributed by atoms with van der Waals surface area (Å²) in [6.07, 6.45) is 5.30. The van der Waals surface area contributed by atoms with Crippen LogP contribution in [0, 0.1) is 0 Å². The predicted molar refractivity (Wildman–Crippen MR) is 100 cm³/mol. The van der Waals surface area contributed by atoms with Crippen LogP contribution in [0.1, 0.15) is 62.5 Å². The van der Waals surface area contributed by atoms with Gasteiger partial charge in [0.2, 0.25) is 0 Å². The maximum Gasteiger partial charge on any atom is 0.168 e. The maximum atomic E-state index is 11.2. The van der Waals surface area contributed by atoms with Gasteiger partial charge in [-0.1, -0.05) is 24.3 Å². The Balaban J connectivity index is 1.27. The van der Waals surface area contributed by atoms with Crippen LogP contribution in [0.15, 0.2) is 24.3 Å². The number of hydrogen-bond acceptors (Lipinski definition) is 6. The molecule has 154 valence electrons. The lowest BCUT2D eigenvalue weighted by molar-refractivity contribution is -0.204. The maximum absolute atomic E-state index is 11.2. The zero-order chi connectivity index (χ0) is 19.3. The molecule has 2 aliphatic heterocycles. The molecule has 0 amide bonds. The van der Waals surface area contributed by atoms with Crippen molar-refractivity contribution in [3.63, 3.8) is 0 Å². The van der Waals surface area contributed by atoms with Crippen LogP contribution in [-0.2, 0) is 30.1 Å². The van der Waals surface area contributed by atoms with E-state index < -0.39 is 22.8 Å². The van der Waals surface area contributed by atoms with Crippen molar-refractivity contribution < 1.29 is 29.2 Å². The molecular weight excluding hydrogens is 360 g/mol. The molecule has 2 spiro atoms. The van der Waals surface area contributed by atoms with Crippen molar-refractivity contribution in [3.8, 4) is 0 Å². The van der Waals surface area contributed by atoms with E-state index in [1.54, 1.807) is 0 Å². The Hall–Kier alpha value is -1.02. The van der Waals surface area contributed by atoms with Crippen LogP contribution in [0.4, 0.5) is 0 Å². The zero-order valence-corrected chi connectivity index (χ0v) is 16.3. The first kappa shape index (κ1) is 19.0. The van der Waals surface area contributed by atoms with Gasteiger partial charge >= 0.3 is 0 Å². The van der Waals surface area contributed by atoms with Crippen LogP contribution in [0.2, 0.25) is 0 Å². The van der Waals surface area contributed by atoms with E-state index in [1.807, 2.05) is 24.3 Å². The molecule has 0 radical (unpaired) electrons. The van der Waals surface area contributed by atoms with Gasteiger partial charge in [-0.3, -0.25) is 0 Å². The molecule has 1 aromatic rings. The fraction of sp³-hybridized carbons (Fsp3) is 0.727. The number of aliphatic hydroxyl groups is 2. The summed E-state index contributed by atoms with van der Waals surface area (Å²) in [7, 11) is 0. The number of rotatable bonds is 2. The summed E-state index contributed by atoms with van der Waals surface area (Å²) in [5.41, 5.74) is 0.0955. The van der Waals surface area contributed by atoms with Crippen molar-refractivity contribution >= 4 is 0 Å². The molecule has 2 heterocycles. The fourth-order valence-corrected chi connectivity index (χ4v) is 5.33. The Kier molecular flexibility index (Phi) is 4.58. The van der Waals surface area contributed by atoms with Gasteiger partial charge in [0.15, 0.2) is 11.6 Å². The second-order valence-corrected chi connectivity index (χ2v) is 8.86. The van der Waals surface area contributed by atoms with Crippen molar-refractivity contribution in [1.29, 1.82) is 0 Å². The minimum atomic E-state index is -0.857. The van der Waals surface area contributed by atoms with E-state index in [0.717, 1.165) is 11.1 Å². The van der Waals surface area contributed by atoms with Gasteiger partial charge in [0.25, 0.3) is 0 Å². The molecule has 2 N–H and O–H groups in total. The summed E-state index contributed by atoms with van der Waals surface area (Å²) in [6, 6.07) is 7.87. The first-order valence-corrected chi connectivity index (χ1v) is 10.6. The lowest BCUT2D eigenvalue weighted by Crippen LogP contribution is -2.42. The quantitative estimate of drug-likeness (QED) is 0.809. The van der Waals surface area contributed by atoms with Gasteiger partial charge in [0.1, 0.15) is 0 Å². The average Bonchev–Trinajstić information content (AvgIpc) is 3.38. The van der Waals surface area contributed by atoms with Gasteiger partial charge in [-0.2, -0.15) is 0 Å². The summed E-state index contributed by atoms with van der Waals surface area (Å²) < 4.78 is 23.1. The minimum absolute atomic E-state index is 0.482. The van der Waals surface area contributed by atoms with E-state index in [-0.39, 0.29) is 0 Å². The molecule has 0 unspecified atom stereocenters. The van der Waals surface area contributed by atoms with E-state index >= 15 is 0 Å². The largest absolute Gasteiger partial charge is 0.385 e. The van der Waals surface area contributed by atoms with Gasteiger partial charge < -0.3 is 29.2 Å². The monoisotopic (exact) mass is 390 g/mol. The summed E-state index contributed by atoms with van der Waals surface area (Å²) in [6.45, 7) is 2.57. The van der Waals surface area contributed by atoms with Gasteiger partial charge in [-0.15, -0.1) is 0 Å². The van der Waals surface area contributed by atoms with E-state index in [9.17, 15) is 10.2 Å². The van der Waals surface area contributed by atoms with Crippen molar-refractivity contribution in [2.45, 2.75) is 74.1 Å². The Morgan fingerprint density at radius 1 is 0.500 bits per heavy atom.